The molecule has 1 aromatic heterocycles. The van der Waals surface area contributed by atoms with Crippen LogP contribution in [0.15, 0.2) is 6.07 Å². The molecule has 1 atom stereocenters. The number of aliphatic carboxylic acids is 1. The molecule has 108 valence electrons. The highest BCUT2D eigenvalue weighted by atomic mass is 32.1. The number of carbonyl (C=O) groups excluding carboxylic acids is 1. The molecule has 1 fully saturated rings. The van der Waals surface area contributed by atoms with E-state index in [1.807, 2.05) is 6.07 Å². The van der Waals surface area contributed by atoms with Crippen molar-refractivity contribution < 1.29 is 19.4 Å². The highest BCUT2D eigenvalue weighted by Crippen LogP contribution is 2.30. The summed E-state index contributed by atoms with van der Waals surface area (Å²) in [6.07, 6.45) is 3.60. The van der Waals surface area contributed by atoms with Crippen LogP contribution in [-0.2, 0) is 22.4 Å². The fraction of sp³-hybridized carbons (Fsp3) is 0.571. The third-order valence-electron chi connectivity index (χ3n) is 3.84. The maximum Gasteiger partial charge on any atom is 0.334 e. The van der Waals surface area contributed by atoms with E-state index in [9.17, 15) is 9.59 Å². The third-order valence-corrected chi connectivity index (χ3v) is 5.06. The lowest BCUT2D eigenvalue weighted by Crippen LogP contribution is -2.48. The second kappa shape index (κ2) is 5.54. The van der Waals surface area contributed by atoms with Gasteiger partial charge in [-0.2, -0.15) is 0 Å². The predicted octanol–water partition coefficient (Wildman–Crippen LogP) is 1.55. The molecule has 1 aliphatic heterocycles. The lowest BCUT2D eigenvalue weighted by atomic mass is 9.99. The number of hydrogen-bond acceptors (Lipinski definition) is 4. The van der Waals surface area contributed by atoms with E-state index < -0.39 is 12.1 Å². The number of hydrogen-bond donors (Lipinski definition) is 1. The molecule has 1 saturated heterocycles. The van der Waals surface area contributed by atoms with Gasteiger partial charge >= 0.3 is 5.97 Å². The van der Waals surface area contributed by atoms with Gasteiger partial charge in [0.25, 0.3) is 5.91 Å². The van der Waals surface area contributed by atoms with Crippen molar-refractivity contribution in [2.24, 2.45) is 0 Å². The zero-order chi connectivity index (χ0) is 14.1. The minimum absolute atomic E-state index is 0.0565. The fourth-order valence-corrected chi connectivity index (χ4v) is 3.96. The first-order valence-corrected chi connectivity index (χ1v) is 7.72. The minimum Gasteiger partial charge on any atom is -0.479 e. The molecular weight excluding hydrogens is 278 g/mol. The molecule has 1 N–H and O–H groups in total. The van der Waals surface area contributed by atoms with E-state index in [0.29, 0.717) is 6.54 Å². The van der Waals surface area contributed by atoms with Gasteiger partial charge in [-0.25, -0.2) is 4.79 Å². The Bertz CT molecular complexity index is 516. The molecule has 0 saturated carbocycles. The monoisotopic (exact) mass is 295 g/mol. The maximum absolute atomic E-state index is 12.5. The lowest BCUT2D eigenvalue weighted by molar-refractivity contribution is -0.154. The van der Waals surface area contributed by atoms with Gasteiger partial charge in [0, 0.05) is 11.4 Å². The summed E-state index contributed by atoms with van der Waals surface area (Å²) in [4.78, 5) is 27.1. The number of thiophene rings is 1. The molecule has 0 radical (unpaired) electrons. The number of amides is 1. The van der Waals surface area contributed by atoms with Crippen molar-refractivity contribution in [3.8, 4) is 0 Å². The zero-order valence-electron chi connectivity index (χ0n) is 11.1. The number of morpholine rings is 1. The van der Waals surface area contributed by atoms with E-state index in [1.54, 1.807) is 16.2 Å². The molecule has 2 heterocycles. The Hall–Kier alpha value is -1.40. The van der Waals surface area contributed by atoms with E-state index >= 15 is 0 Å². The average molecular weight is 295 g/mol. The Morgan fingerprint density at radius 2 is 2.15 bits per heavy atom. The summed E-state index contributed by atoms with van der Waals surface area (Å²) in [5.74, 6) is -1.06. The van der Waals surface area contributed by atoms with Crippen LogP contribution in [-0.4, -0.2) is 47.7 Å². The number of fused-ring (bicyclic) bond motifs is 1. The predicted molar refractivity (Wildman–Crippen MR) is 74.2 cm³/mol. The van der Waals surface area contributed by atoms with Gasteiger partial charge in [0.05, 0.1) is 18.0 Å². The Kier molecular flexibility index (Phi) is 3.76. The van der Waals surface area contributed by atoms with Crippen LogP contribution in [0.1, 0.15) is 33.0 Å². The van der Waals surface area contributed by atoms with Crippen molar-refractivity contribution >= 4 is 23.2 Å². The highest BCUT2D eigenvalue weighted by molar-refractivity contribution is 7.14. The van der Waals surface area contributed by atoms with Gasteiger partial charge in [-0.3, -0.25) is 4.79 Å². The number of rotatable bonds is 2. The maximum atomic E-state index is 12.5. The number of ether oxygens (including phenoxy) is 1. The highest BCUT2D eigenvalue weighted by Gasteiger charge is 2.30. The first-order chi connectivity index (χ1) is 9.65. The van der Waals surface area contributed by atoms with Gasteiger partial charge in [-0.15, -0.1) is 11.3 Å². The number of aryl methyl sites for hydroxylation is 2. The lowest BCUT2D eigenvalue weighted by Gasteiger charge is -2.30. The van der Waals surface area contributed by atoms with Crippen LogP contribution in [0.4, 0.5) is 0 Å². The van der Waals surface area contributed by atoms with Gasteiger partial charge in [-0.05, 0) is 37.3 Å². The molecule has 0 unspecified atom stereocenters. The number of carboxylic acid groups (broad SMARTS) is 1. The van der Waals surface area contributed by atoms with Crippen LogP contribution in [0.5, 0.6) is 0 Å². The first-order valence-electron chi connectivity index (χ1n) is 6.90. The smallest absolute Gasteiger partial charge is 0.334 e. The van der Waals surface area contributed by atoms with Crippen LogP contribution in [0.25, 0.3) is 0 Å². The molecular formula is C14H17NO4S. The zero-order valence-corrected chi connectivity index (χ0v) is 11.9. The Balaban J connectivity index is 1.75. The average Bonchev–Trinajstić information content (AvgIpc) is 2.90. The van der Waals surface area contributed by atoms with Crippen molar-refractivity contribution in [1.82, 2.24) is 4.90 Å². The molecule has 6 heteroatoms. The topological polar surface area (TPSA) is 66.8 Å². The fourth-order valence-electron chi connectivity index (χ4n) is 2.74. The molecule has 5 nitrogen and oxygen atoms in total. The molecule has 3 rings (SSSR count). The SMILES string of the molecule is O=C(O)[C@@H]1CN(C(=O)c2cc3c(s2)CCCC3)CCO1. The molecule has 20 heavy (non-hydrogen) atoms. The van der Waals surface area contributed by atoms with Crippen LogP contribution in [0.2, 0.25) is 0 Å². The summed E-state index contributed by atoms with van der Waals surface area (Å²) in [5, 5.41) is 8.98. The summed E-state index contributed by atoms with van der Waals surface area (Å²) in [5.41, 5.74) is 1.30. The summed E-state index contributed by atoms with van der Waals surface area (Å²) >= 11 is 1.57. The standard InChI is InChI=1S/C14H17NO4S/c16-13(15-5-6-19-10(8-15)14(17)18)12-7-9-3-1-2-4-11(9)20-12/h7,10H,1-6,8H2,(H,17,18)/t10-/m0/s1. The van der Waals surface area contributed by atoms with E-state index in [2.05, 4.69) is 0 Å². The first kappa shape index (κ1) is 13.6. The van der Waals surface area contributed by atoms with Gasteiger partial charge in [0.1, 0.15) is 0 Å². The second-order valence-electron chi connectivity index (χ2n) is 5.22. The summed E-state index contributed by atoms with van der Waals surface area (Å²) < 4.78 is 5.15. The van der Waals surface area contributed by atoms with E-state index in [-0.39, 0.29) is 19.1 Å². The molecule has 0 aromatic carbocycles. The Morgan fingerprint density at radius 1 is 1.35 bits per heavy atom. The van der Waals surface area contributed by atoms with E-state index in [1.165, 1.54) is 23.3 Å². The number of nitrogens with zero attached hydrogens (tertiary/aromatic N) is 1. The molecule has 0 spiro atoms. The molecule has 0 bridgehead atoms. The van der Waals surface area contributed by atoms with E-state index in [0.717, 1.165) is 17.7 Å². The summed E-state index contributed by atoms with van der Waals surface area (Å²) in [7, 11) is 0. The normalized spacial score (nSPS) is 22.4. The molecule has 1 amide bonds. The van der Waals surface area contributed by atoms with Crippen LogP contribution in [0, 0.1) is 0 Å². The van der Waals surface area contributed by atoms with E-state index in [4.69, 9.17) is 9.84 Å². The van der Waals surface area contributed by atoms with Crippen molar-refractivity contribution in [2.45, 2.75) is 31.8 Å². The molecule has 1 aliphatic carbocycles. The largest absolute Gasteiger partial charge is 0.479 e. The van der Waals surface area contributed by atoms with Crippen molar-refractivity contribution in [2.75, 3.05) is 19.7 Å². The quantitative estimate of drug-likeness (QED) is 0.899. The van der Waals surface area contributed by atoms with Gasteiger partial charge in [0.15, 0.2) is 6.10 Å². The second-order valence-corrected chi connectivity index (χ2v) is 6.35. The Labute approximate surface area is 121 Å². The van der Waals surface area contributed by atoms with Gasteiger partial charge in [-0.1, -0.05) is 0 Å². The van der Waals surface area contributed by atoms with Gasteiger partial charge < -0.3 is 14.7 Å². The number of carboxylic acids is 1. The van der Waals surface area contributed by atoms with Crippen molar-refractivity contribution in [1.29, 1.82) is 0 Å². The van der Waals surface area contributed by atoms with Crippen molar-refractivity contribution in [3.05, 3.63) is 21.4 Å². The van der Waals surface area contributed by atoms with Crippen LogP contribution < -0.4 is 0 Å². The third kappa shape index (κ3) is 2.58. The summed E-state index contributed by atoms with van der Waals surface area (Å²) in [6.45, 7) is 0.885. The Morgan fingerprint density at radius 3 is 2.90 bits per heavy atom. The molecule has 1 aromatic rings. The van der Waals surface area contributed by atoms with Crippen LogP contribution >= 0.6 is 11.3 Å². The molecule has 2 aliphatic rings. The minimum atomic E-state index is -1.01. The number of carbonyl (C=O) groups is 2. The van der Waals surface area contributed by atoms with Gasteiger partial charge in [0.2, 0.25) is 0 Å². The van der Waals surface area contributed by atoms with Crippen molar-refractivity contribution in [3.63, 3.8) is 0 Å². The summed E-state index contributed by atoms with van der Waals surface area (Å²) in [6, 6.07) is 1.99. The van der Waals surface area contributed by atoms with Crippen LogP contribution in [0.3, 0.4) is 0 Å².